The monoisotopic (exact) mass is 182 g/mol. The predicted octanol–water partition coefficient (Wildman–Crippen LogP) is 1.23. The number of hydrogen-bond acceptors (Lipinski definition) is 2. The van der Waals surface area contributed by atoms with Crippen LogP contribution in [0.15, 0.2) is 0 Å². The van der Waals surface area contributed by atoms with Crippen LogP contribution in [0.1, 0.15) is 26.7 Å². The zero-order chi connectivity index (χ0) is 9.26. The van der Waals surface area contributed by atoms with E-state index in [1.54, 1.807) is 0 Å². The second kappa shape index (κ2) is 3.97. The van der Waals surface area contributed by atoms with E-state index >= 15 is 0 Å². The predicted molar refractivity (Wildman–Crippen MR) is 55.7 cm³/mol. The van der Waals surface area contributed by atoms with Crippen LogP contribution in [-0.4, -0.2) is 25.7 Å². The van der Waals surface area contributed by atoms with Crippen molar-refractivity contribution in [3.8, 4) is 0 Å². The standard InChI is InChI=1S/C11H22N2/c1-8-5-11(9(8)2)13-7-10-3-4-12-6-10/h8-13H,3-7H2,1-2H3. The highest BCUT2D eigenvalue weighted by Gasteiger charge is 2.34. The quantitative estimate of drug-likeness (QED) is 0.686. The van der Waals surface area contributed by atoms with Crippen LogP contribution in [0.25, 0.3) is 0 Å². The molecule has 2 nitrogen and oxygen atoms in total. The van der Waals surface area contributed by atoms with Crippen molar-refractivity contribution >= 4 is 0 Å². The van der Waals surface area contributed by atoms with Gasteiger partial charge in [-0.3, -0.25) is 0 Å². The van der Waals surface area contributed by atoms with E-state index in [0.29, 0.717) is 0 Å². The molecule has 2 rings (SSSR count). The maximum atomic E-state index is 3.70. The van der Waals surface area contributed by atoms with Crippen LogP contribution in [0, 0.1) is 17.8 Å². The van der Waals surface area contributed by atoms with Crippen molar-refractivity contribution in [2.24, 2.45) is 17.8 Å². The minimum absolute atomic E-state index is 0.815. The van der Waals surface area contributed by atoms with Gasteiger partial charge < -0.3 is 10.6 Å². The van der Waals surface area contributed by atoms with Gasteiger partial charge in [0.25, 0.3) is 0 Å². The van der Waals surface area contributed by atoms with E-state index in [2.05, 4.69) is 24.5 Å². The third kappa shape index (κ3) is 2.05. The fourth-order valence-electron chi connectivity index (χ4n) is 2.51. The minimum atomic E-state index is 0.815. The molecule has 4 unspecified atom stereocenters. The average Bonchev–Trinajstić information content (AvgIpc) is 2.64. The number of nitrogens with one attached hydrogen (secondary N) is 2. The molecule has 1 saturated heterocycles. The molecular formula is C11H22N2. The van der Waals surface area contributed by atoms with Gasteiger partial charge in [-0.15, -0.1) is 0 Å². The van der Waals surface area contributed by atoms with Crippen molar-refractivity contribution in [2.45, 2.75) is 32.7 Å². The Bertz CT molecular complexity index is 163. The van der Waals surface area contributed by atoms with Gasteiger partial charge in [-0.05, 0) is 50.2 Å². The molecule has 1 heterocycles. The van der Waals surface area contributed by atoms with Crippen LogP contribution in [-0.2, 0) is 0 Å². The summed E-state index contributed by atoms with van der Waals surface area (Å²) in [5, 5.41) is 7.11. The lowest BCUT2D eigenvalue weighted by Gasteiger charge is -2.42. The summed E-state index contributed by atoms with van der Waals surface area (Å²) in [5.74, 6) is 2.73. The summed E-state index contributed by atoms with van der Waals surface area (Å²) in [7, 11) is 0. The molecule has 0 aromatic rings. The second-order valence-electron chi connectivity index (χ2n) is 4.95. The Morgan fingerprint density at radius 2 is 2.23 bits per heavy atom. The fourth-order valence-corrected chi connectivity index (χ4v) is 2.51. The Hall–Kier alpha value is -0.0800. The fraction of sp³-hybridized carbons (Fsp3) is 1.00. The summed E-state index contributed by atoms with van der Waals surface area (Å²) in [6.07, 6.45) is 2.75. The lowest BCUT2D eigenvalue weighted by molar-refractivity contribution is 0.134. The van der Waals surface area contributed by atoms with Crippen molar-refractivity contribution in [1.82, 2.24) is 10.6 Å². The van der Waals surface area contributed by atoms with Crippen molar-refractivity contribution in [3.05, 3.63) is 0 Å². The van der Waals surface area contributed by atoms with Gasteiger partial charge in [-0.25, -0.2) is 0 Å². The van der Waals surface area contributed by atoms with E-state index in [4.69, 9.17) is 0 Å². The average molecular weight is 182 g/mol. The highest BCUT2D eigenvalue weighted by molar-refractivity contribution is 4.90. The molecular weight excluding hydrogens is 160 g/mol. The highest BCUT2D eigenvalue weighted by atomic mass is 15.0. The molecule has 0 radical (unpaired) electrons. The van der Waals surface area contributed by atoms with E-state index in [-0.39, 0.29) is 0 Å². The van der Waals surface area contributed by atoms with E-state index < -0.39 is 0 Å². The van der Waals surface area contributed by atoms with Gasteiger partial charge in [0.2, 0.25) is 0 Å². The van der Waals surface area contributed by atoms with Crippen LogP contribution >= 0.6 is 0 Å². The highest BCUT2D eigenvalue weighted by Crippen LogP contribution is 2.33. The molecule has 0 aromatic heterocycles. The van der Waals surface area contributed by atoms with Gasteiger partial charge in [0.15, 0.2) is 0 Å². The minimum Gasteiger partial charge on any atom is -0.316 e. The Morgan fingerprint density at radius 3 is 2.77 bits per heavy atom. The Balaban J connectivity index is 1.63. The first kappa shape index (κ1) is 9.47. The Kier molecular flexibility index (Phi) is 2.89. The third-order valence-corrected chi connectivity index (χ3v) is 3.99. The van der Waals surface area contributed by atoms with E-state index in [9.17, 15) is 0 Å². The SMILES string of the molecule is CC1CC(NCC2CCNC2)C1C. The van der Waals surface area contributed by atoms with Crippen molar-refractivity contribution in [3.63, 3.8) is 0 Å². The summed E-state index contributed by atoms with van der Waals surface area (Å²) in [4.78, 5) is 0. The lowest BCUT2D eigenvalue weighted by Crippen LogP contribution is -2.49. The first-order valence-corrected chi connectivity index (χ1v) is 5.71. The smallest absolute Gasteiger partial charge is 0.00980 e. The van der Waals surface area contributed by atoms with E-state index in [1.807, 2.05) is 0 Å². The number of rotatable bonds is 3. The first-order valence-electron chi connectivity index (χ1n) is 5.71. The van der Waals surface area contributed by atoms with E-state index in [0.717, 1.165) is 23.8 Å². The molecule has 1 saturated carbocycles. The zero-order valence-electron chi connectivity index (χ0n) is 8.84. The molecule has 2 N–H and O–H groups in total. The molecule has 0 bridgehead atoms. The largest absolute Gasteiger partial charge is 0.316 e. The molecule has 1 aliphatic heterocycles. The van der Waals surface area contributed by atoms with Gasteiger partial charge in [0, 0.05) is 6.04 Å². The van der Waals surface area contributed by atoms with Crippen molar-refractivity contribution in [1.29, 1.82) is 0 Å². The lowest BCUT2D eigenvalue weighted by atomic mass is 9.71. The van der Waals surface area contributed by atoms with E-state index in [1.165, 1.54) is 32.5 Å². The third-order valence-electron chi connectivity index (χ3n) is 3.99. The number of hydrogen-bond donors (Lipinski definition) is 2. The summed E-state index contributed by atoms with van der Waals surface area (Å²) in [6.45, 7) is 8.42. The zero-order valence-corrected chi connectivity index (χ0v) is 8.84. The summed E-state index contributed by atoms with van der Waals surface area (Å²) >= 11 is 0. The maximum Gasteiger partial charge on any atom is 0.00980 e. The van der Waals surface area contributed by atoms with Gasteiger partial charge in [0.05, 0.1) is 0 Å². The topological polar surface area (TPSA) is 24.1 Å². The molecule has 2 aliphatic rings. The maximum absolute atomic E-state index is 3.70. The Morgan fingerprint density at radius 1 is 1.38 bits per heavy atom. The van der Waals surface area contributed by atoms with Crippen molar-refractivity contribution in [2.75, 3.05) is 19.6 Å². The molecule has 13 heavy (non-hydrogen) atoms. The van der Waals surface area contributed by atoms with Gasteiger partial charge in [-0.1, -0.05) is 13.8 Å². The summed E-state index contributed by atoms with van der Waals surface area (Å²) in [6, 6.07) is 0.815. The summed E-state index contributed by atoms with van der Waals surface area (Å²) < 4.78 is 0. The van der Waals surface area contributed by atoms with Gasteiger partial charge >= 0.3 is 0 Å². The summed E-state index contributed by atoms with van der Waals surface area (Å²) in [5.41, 5.74) is 0. The molecule has 0 spiro atoms. The van der Waals surface area contributed by atoms with Gasteiger partial charge in [0.1, 0.15) is 0 Å². The Labute approximate surface area is 81.5 Å². The van der Waals surface area contributed by atoms with Crippen LogP contribution in [0.5, 0.6) is 0 Å². The van der Waals surface area contributed by atoms with Crippen LogP contribution in [0.2, 0.25) is 0 Å². The van der Waals surface area contributed by atoms with Crippen LogP contribution in [0.3, 0.4) is 0 Å². The molecule has 0 amide bonds. The normalized spacial score (nSPS) is 44.8. The van der Waals surface area contributed by atoms with Crippen LogP contribution < -0.4 is 10.6 Å². The first-order chi connectivity index (χ1) is 6.27. The molecule has 0 aromatic carbocycles. The second-order valence-corrected chi connectivity index (χ2v) is 4.95. The van der Waals surface area contributed by atoms with Crippen LogP contribution in [0.4, 0.5) is 0 Å². The molecule has 2 fully saturated rings. The van der Waals surface area contributed by atoms with Gasteiger partial charge in [-0.2, -0.15) is 0 Å². The van der Waals surface area contributed by atoms with Crippen molar-refractivity contribution < 1.29 is 0 Å². The molecule has 76 valence electrons. The molecule has 1 aliphatic carbocycles. The molecule has 2 heteroatoms. The molecule has 4 atom stereocenters.